The number of rotatable bonds is 5. The molecular formula is C13H10ClNO4S. The van der Waals surface area contributed by atoms with Gasteiger partial charge in [0, 0.05) is 12.1 Å². The fourth-order valence-corrected chi connectivity index (χ4v) is 2.61. The van der Waals surface area contributed by atoms with Gasteiger partial charge in [0.2, 0.25) is 5.78 Å². The second-order valence-corrected chi connectivity index (χ2v) is 5.69. The molecule has 20 heavy (non-hydrogen) atoms. The summed E-state index contributed by atoms with van der Waals surface area (Å²) in [6.45, 7) is 1.62. The van der Waals surface area contributed by atoms with Crippen LogP contribution in [0, 0.1) is 10.1 Å². The van der Waals surface area contributed by atoms with Gasteiger partial charge in [-0.25, -0.2) is 0 Å². The molecule has 0 aliphatic rings. The lowest BCUT2D eigenvalue weighted by atomic mass is 10.2. The van der Waals surface area contributed by atoms with Crippen LogP contribution in [0.5, 0.6) is 5.75 Å². The molecule has 0 saturated heterocycles. The maximum Gasteiger partial charge on any atom is 0.269 e. The van der Waals surface area contributed by atoms with E-state index in [-0.39, 0.29) is 11.5 Å². The van der Waals surface area contributed by atoms with Gasteiger partial charge in [-0.2, -0.15) is 0 Å². The third-order valence-electron chi connectivity index (χ3n) is 2.55. The zero-order valence-corrected chi connectivity index (χ0v) is 12.0. The Morgan fingerprint density at radius 1 is 1.30 bits per heavy atom. The monoisotopic (exact) mass is 311 g/mol. The Morgan fingerprint density at radius 2 is 1.95 bits per heavy atom. The van der Waals surface area contributed by atoms with E-state index in [0.29, 0.717) is 15.0 Å². The van der Waals surface area contributed by atoms with Crippen molar-refractivity contribution in [1.82, 2.24) is 0 Å². The van der Waals surface area contributed by atoms with E-state index in [1.807, 2.05) is 0 Å². The van der Waals surface area contributed by atoms with Crippen molar-refractivity contribution in [2.24, 2.45) is 0 Å². The molecule has 1 atom stereocenters. The number of ketones is 1. The molecule has 1 heterocycles. The molecule has 0 spiro atoms. The van der Waals surface area contributed by atoms with Crippen molar-refractivity contribution in [3.63, 3.8) is 0 Å². The van der Waals surface area contributed by atoms with Gasteiger partial charge >= 0.3 is 0 Å². The Kier molecular flexibility index (Phi) is 4.36. The molecule has 0 bridgehead atoms. The van der Waals surface area contributed by atoms with Crippen LogP contribution in [0.1, 0.15) is 16.6 Å². The van der Waals surface area contributed by atoms with Crippen molar-refractivity contribution in [2.45, 2.75) is 13.0 Å². The highest BCUT2D eigenvalue weighted by Gasteiger charge is 2.19. The molecule has 0 saturated carbocycles. The third-order valence-corrected chi connectivity index (χ3v) is 3.79. The number of nitro groups is 1. The molecular weight excluding hydrogens is 302 g/mol. The minimum atomic E-state index is -0.689. The van der Waals surface area contributed by atoms with Gasteiger partial charge in [0.15, 0.2) is 6.10 Å². The SMILES string of the molecule is CC(Oc1ccc([N+](=O)[O-])cc1)C(=O)c1ccc(Cl)s1. The number of hydrogen-bond acceptors (Lipinski definition) is 5. The van der Waals surface area contributed by atoms with Gasteiger partial charge in [0.05, 0.1) is 14.1 Å². The fourth-order valence-electron chi connectivity index (χ4n) is 1.55. The van der Waals surface area contributed by atoms with E-state index < -0.39 is 11.0 Å². The fraction of sp³-hybridized carbons (Fsp3) is 0.154. The zero-order chi connectivity index (χ0) is 14.7. The number of ether oxygens (including phenoxy) is 1. The Labute approximate surface area is 123 Å². The van der Waals surface area contributed by atoms with Crippen LogP contribution in [-0.4, -0.2) is 16.8 Å². The second kappa shape index (κ2) is 6.02. The van der Waals surface area contributed by atoms with Crippen molar-refractivity contribution >= 4 is 34.4 Å². The van der Waals surface area contributed by atoms with E-state index in [9.17, 15) is 14.9 Å². The van der Waals surface area contributed by atoms with Crippen molar-refractivity contribution in [3.8, 4) is 5.75 Å². The van der Waals surface area contributed by atoms with Crippen LogP contribution >= 0.6 is 22.9 Å². The van der Waals surface area contributed by atoms with Gasteiger partial charge in [0.25, 0.3) is 5.69 Å². The van der Waals surface area contributed by atoms with Crippen LogP contribution in [0.25, 0.3) is 0 Å². The summed E-state index contributed by atoms with van der Waals surface area (Å²) in [5.41, 5.74) is -0.0265. The summed E-state index contributed by atoms with van der Waals surface area (Å²) in [7, 11) is 0. The van der Waals surface area contributed by atoms with Crippen molar-refractivity contribution in [1.29, 1.82) is 0 Å². The Bertz CT molecular complexity index is 638. The lowest BCUT2D eigenvalue weighted by molar-refractivity contribution is -0.384. The molecule has 5 nitrogen and oxygen atoms in total. The number of non-ortho nitro benzene ring substituents is 1. The minimum absolute atomic E-state index is 0.0265. The predicted molar refractivity (Wildman–Crippen MR) is 76.8 cm³/mol. The van der Waals surface area contributed by atoms with Gasteiger partial charge in [-0.05, 0) is 31.2 Å². The highest BCUT2D eigenvalue weighted by atomic mass is 35.5. The van der Waals surface area contributed by atoms with Gasteiger partial charge in [-0.3, -0.25) is 14.9 Å². The van der Waals surface area contributed by atoms with Crippen LogP contribution in [0.3, 0.4) is 0 Å². The predicted octanol–water partition coefficient (Wildman–Crippen LogP) is 3.96. The first-order valence-electron chi connectivity index (χ1n) is 5.68. The number of halogens is 1. The first-order chi connectivity index (χ1) is 9.47. The normalized spacial score (nSPS) is 11.9. The number of hydrogen-bond donors (Lipinski definition) is 0. The first kappa shape index (κ1) is 14.5. The zero-order valence-electron chi connectivity index (χ0n) is 10.4. The van der Waals surface area contributed by atoms with Gasteiger partial charge < -0.3 is 4.74 Å². The molecule has 1 unspecified atom stereocenters. The quantitative estimate of drug-likeness (QED) is 0.476. The standard InChI is InChI=1S/C13H10ClNO4S/c1-8(13(16)11-6-7-12(14)20-11)19-10-4-2-9(3-5-10)15(17)18/h2-8H,1H3. The highest BCUT2D eigenvalue weighted by Crippen LogP contribution is 2.24. The number of carbonyl (C=O) groups excluding carboxylic acids is 1. The summed E-state index contributed by atoms with van der Waals surface area (Å²) in [4.78, 5) is 22.6. The molecule has 1 aromatic carbocycles. The lowest BCUT2D eigenvalue weighted by Gasteiger charge is -2.12. The third kappa shape index (κ3) is 3.34. The summed E-state index contributed by atoms with van der Waals surface area (Å²) in [5, 5.41) is 10.5. The molecule has 0 aliphatic heterocycles. The van der Waals surface area contributed by atoms with Crippen molar-refractivity contribution in [3.05, 3.63) is 55.7 Å². The van der Waals surface area contributed by atoms with E-state index >= 15 is 0 Å². The van der Waals surface area contributed by atoms with Gasteiger partial charge in [0.1, 0.15) is 5.75 Å². The first-order valence-corrected chi connectivity index (χ1v) is 6.87. The van der Waals surface area contributed by atoms with E-state index in [1.165, 1.54) is 35.6 Å². The maximum atomic E-state index is 12.1. The Balaban J connectivity index is 2.05. The average Bonchev–Trinajstić information content (AvgIpc) is 2.85. The van der Waals surface area contributed by atoms with Crippen LogP contribution in [-0.2, 0) is 0 Å². The molecule has 0 N–H and O–H groups in total. The van der Waals surface area contributed by atoms with Gasteiger partial charge in [-0.1, -0.05) is 11.6 Å². The molecule has 0 radical (unpaired) electrons. The molecule has 0 fully saturated rings. The summed E-state index contributed by atoms with van der Waals surface area (Å²) >= 11 is 6.97. The lowest BCUT2D eigenvalue weighted by Crippen LogP contribution is -2.23. The molecule has 0 aliphatic carbocycles. The Morgan fingerprint density at radius 3 is 2.45 bits per heavy atom. The minimum Gasteiger partial charge on any atom is -0.483 e. The van der Waals surface area contributed by atoms with Crippen LogP contribution < -0.4 is 4.74 Å². The number of nitrogens with zero attached hydrogens (tertiary/aromatic N) is 1. The smallest absolute Gasteiger partial charge is 0.269 e. The van der Waals surface area contributed by atoms with E-state index in [2.05, 4.69) is 0 Å². The molecule has 2 aromatic rings. The molecule has 7 heteroatoms. The van der Waals surface area contributed by atoms with Crippen LogP contribution in [0.15, 0.2) is 36.4 Å². The van der Waals surface area contributed by atoms with E-state index in [4.69, 9.17) is 16.3 Å². The number of Topliss-reactive ketones (excluding diaryl/α,β-unsaturated/α-hetero) is 1. The average molecular weight is 312 g/mol. The number of nitro benzene ring substituents is 1. The van der Waals surface area contributed by atoms with Crippen LogP contribution in [0.2, 0.25) is 4.34 Å². The van der Waals surface area contributed by atoms with Crippen molar-refractivity contribution in [2.75, 3.05) is 0 Å². The molecule has 0 amide bonds. The topological polar surface area (TPSA) is 69.4 Å². The van der Waals surface area contributed by atoms with Crippen LogP contribution in [0.4, 0.5) is 5.69 Å². The van der Waals surface area contributed by atoms with Gasteiger partial charge in [-0.15, -0.1) is 11.3 Å². The van der Waals surface area contributed by atoms with E-state index in [0.717, 1.165) is 0 Å². The molecule has 2 rings (SSSR count). The highest BCUT2D eigenvalue weighted by molar-refractivity contribution is 7.18. The summed E-state index contributed by atoms with van der Waals surface area (Å²) in [6.07, 6.45) is -0.689. The van der Waals surface area contributed by atoms with E-state index in [1.54, 1.807) is 19.1 Å². The second-order valence-electron chi connectivity index (χ2n) is 3.98. The summed E-state index contributed by atoms with van der Waals surface area (Å²) in [6, 6.07) is 8.87. The number of benzene rings is 1. The number of carbonyl (C=O) groups is 1. The summed E-state index contributed by atoms with van der Waals surface area (Å²) < 4.78 is 6.00. The largest absolute Gasteiger partial charge is 0.483 e. The maximum absolute atomic E-state index is 12.1. The number of thiophene rings is 1. The molecule has 104 valence electrons. The summed E-state index contributed by atoms with van der Waals surface area (Å²) in [5.74, 6) is 0.222. The molecule has 1 aromatic heterocycles. The van der Waals surface area contributed by atoms with Crippen molar-refractivity contribution < 1.29 is 14.5 Å². The Hall–Kier alpha value is -1.92.